The molecule has 0 unspecified atom stereocenters. The second kappa shape index (κ2) is 6.73. The maximum atomic E-state index is 12.5. The van der Waals surface area contributed by atoms with Crippen LogP contribution < -0.4 is 11.5 Å². The van der Waals surface area contributed by atoms with Crippen LogP contribution in [0.15, 0.2) is 12.3 Å². The molecule has 1 fully saturated rings. The van der Waals surface area contributed by atoms with Crippen LogP contribution >= 0.6 is 11.6 Å². The number of primary amides is 1. The molecule has 0 aromatic carbocycles. The molecule has 1 saturated heterocycles. The van der Waals surface area contributed by atoms with E-state index in [1.54, 1.807) is 4.90 Å². The van der Waals surface area contributed by atoms with Crippen LogP contribution in [0.5, 0.6) is 0 Å². The molecule has 114 valence electrons. The first-order chi connectivity index (χ1) is 9.97. The largest absolute Gasteiger partial charge is 0.397 e. The fourth-order valence-corrected chi connectivity index (χ4v) is 2.51. The van der Waals surface area contributed by atoms with Gasteiger partial charge in [0, 0.05) is 26.2 Å². The van der Waals surface area contributed by atoms with Crippen molar-refractivity contribution in [1.82, 2.24) is 14.8 Å². The van der Waals surface area contributed by atoms with Gasteiger partial charge in [-0.1, -0.05) is 11.6 Å². The van der Waals surface area contributed by atoms with E-state index in [9.17, 15) is 9.59 Å². The van der Waals surface area contributed by atoms with Crippen molar-refractivity contribution in [3.63, 3.8) is 0 Å². The van der Waals surface area contributed by atoms with Crippen molar-refractivity contribution in [2.24, 2.45) is 5.73 Å². The second-order valence-electron chi connectivity index (χ2n) is 4.98. The van der Waals surface area contributed by atoms with Crippen LogP contribution in [0.2, 0.25) is 5.15 Å². The van der Waals surface area contributed by atoms with Crippen LogP contribution in [0.3, 0.4) is 0 Å². The van der Waals surface area contributed by atoms with E-state index >= 15 is 0 Å². The number of nitrogen functional groups attached to an aromatic ring is 1. The topological polar surface area (TPSA) is 106 Å². The van der Waals surface area contributed by atoms with Crippen LogP contribution in [-0.2, 0) is 4.79 Å². The molecule has 1 aromatic rings. The number of amides is 2. The maximum Gasteiger partial charge on any atom is 0.256 e. The number of nitrogens with zero attached hydrogens (tertiary/aromatic N) is 3. The van der Waals surface area contributed by atoms with Crippen molar-refractivity contribution < 1.29 is 9.59 Å². The van der Waals surface area contributed by atoms with Crippen LogP contribution in [0.1, 0.15) is 16.8 Å². The van der Waals surface area contributed by atoms with Crippen molar-refractivity contribution in [3.8, 4) is 0 Å². The Bertz CT molecular complexity index is 551. The van der Waals surface area contributed by atoms with Gasteiger partial charge >= 0.3 is 0 Å². The molecule has 1 aliphatic heterocycles. The molecule has 0 bridgehead atoms. The van der Waals surface area contributed by atoms with E-state index < -0.39 is 0 Å². The Hall–Kier alpha value is -1.86. The number of carbonyl (C=O) groups excluding carboxylic acids is 2. The third-order valence-electron chi connectivity index (χ3n) is 3.39. The molecule has 2 heterocycles. The predicted octanol–water partition coefficient (Wildman–Crippen LogP) is -0.0496. The number of nitrogens with two attached hydrogens (primary N) is 2. The molecule has 0 radical (unpaired) electrons. The Balaban J connectivity index is 2.06. The molecule has 0 atom stereocenters. The fourth-order valence-electron chi connectivity index (χ4n) is 2.35. The van der Waals surface area contributed by atoms with Gasteiger partial charge in [0.1, 0.15) is 5.15 Å². The van der Waals surface area contributed by atoms with Gasteiger partial charge in [-0.2, -0.15) is 0 Å². The van der Waals surface area contributed by atoms with Crippen LogP contribution in [0.4, 0.5) is 5.69 Å². The Morgan fingerprint density at radius 1 is 1.29 bits per heavy atom. The molecular formula is C13H18ClN5O2. The zero-order valence-corrected chi connectivity index (χ0v) is 12.3. The number of pyridine rings is 1. The predicted molar refractivity (Wildman–Crippen MR) is 79.8 cm³/mol. The van der Waals surface area contributed by atoms with E-state index in [1.165, 1.54) is 12.3 Å². The van der Waals surface area contributed by atoms with Crippen molar-refractivity contribution in [1.29, 1.82) is 0 Å². The Morgan fingerprint density at radius 3 is 2.76 bits per heavy atom. The average Bonchev–Trinajstić information content (AvgIpc) is 2.66. The summed E-state index contributed by atoms with van der Waals surface area (Å²) in [6.07, 6.45) is 2.16. The standard InChI is InChI=1S/C13H18ClN5O2/c14-11-6-9(10(15)7-17-11)13(21)19-3-1-2-18(4-5-19)8-12(16)20/h6-7H,1-5,8,15H2,(H2,16,20). The Morgan fingerprint density at radius 2 is 2.05 bits per heavy atom. The normalized spacial score (nSPS) is 16.5. The molecule has 7 nitrogen and oxygen atoms in total. The van der Waals surface area contributed by atoms with Crippen molar-refractivity contribution in [3.05, 3.63) is 23.0 Å². The first kappa shape index (κ1) is 15.5. The van der Waals surface area contributed by atoms with Gasteiger partial charge in [-0.05, 0) is 12.5 Å². The molecule has 1 aromatic heterocycles. The second-order valence-corrected chi connectivity index (χ2v) is 5.37. The highest BCUT2D eigenvalue weighted by molar-refractivity contribution is 6.29. The minimum Gasteiger partial charge on any atom is -0.397 e. The number of hydrogen-bond acceptors (Lipinski definition) is 5. The molecule has 0 saturated carbocycles. The zero-order chi connectivity index (χ0) is 15.4. The van der Waals surface area contributed by atoms with E-state index in [0.29, 0.717) is 30.9 Å². The van der Waals surface area contributed by atoms with Gasteiger partial charge in [0.05, 0.1) is 24.0 Å². The highest BCUT2D eigenvalue weighted by Gasteiger charge is 2.22. The number of anilines is 1. The summed E-state index contributed by atoms with van der Waals surface area (Å²) in [5, 5.41) is 0.234. The van der Waals surface area contributed by atoms with E-state index in [2.05, 4.69) is 4.98 Å². The number of hydrogen-bond donors (Lipinski definition) is 2. The molecule has 4 N–H and O–H groups in total. The molecule has 0 spiro atoms. The fraction of sp³-hybridized carbons (Fsp3) is 0.462. The van der Waals surface area contributed by atoms with Gasteiger partial charge < -0.3 is 16.4 Å². The summed E-state index contributed by atoms with van der Waals surface area (Å²) in [7, 11) is 0. The van der Waals surface area contributed by atoms with Gasteiger partial charge in [-0.15, -0.1) is 0 Å². The minimum atomic E-state index is -0.361. The summed E-state index contributed by atoms with van der Waals surface area (Å²) in [6.45, 7) is 2.68. The van der Waals surface area contributed by atoms with Crippen molar-refractivity contribution >= 4 is 29.1 Å². The summed E-state index contributed by atoms with van der Waals surface area (Å²) in [5.74, 6) is -0.530. The SMILES string of the molecule is NC(=O)CN1CCCN(C(=O)c2cc(Cl)ncc2N)CC1. The van der Waals surface area contributed by atoms with Gasteiger partial charge in [0.15, 0.2) is 0 Å². The lowest BCUT2D eigenvalue weighted by molar-refractivity contribution is -0.119. The van der Waals surface area contributed by atoms with Gasteiger partial charge in [-0.25, -0.2) is 4.98 Å². The summed E-state index contributed by atoms with van der Waals surface area (Å²) in [5.41, 5.74) is 11.7. The van der Waals surface area contributed by atoms with E-state index in [4.69, 9.17) is 23.1 Å². The summed E-state index contributed by atoms with van der Waals surface area (Å²) in [6, 6.07) is 1.48. The quantitative estimate of drug-likeness (QED) is 0.761. The molecule has 21 heavy (non-hydrogen) atoms. The summed E-state index contributed by atoms with van der Waals surface area (Å²) in [4.78, 5) is 31.0. The van der Waals surface area contributed by atoms with Gasteiger partial charge in [0.2, 0.25) is 5.91 Å². The summed E-state index contributed by atoms with van der Waals surface area (Å²) < 4.78 is 0. The lowest BCUT2D eigenvalue weighted by Crippen LogP contribution is -2.38. The average molecular weight is 312 g/mol. The Labute approximate surface area is 127 Å². The maximum absolute atomic E-state index is 12.5. The van der Waals surface area contributed by atoms with E-state index in [-0.39, 0.29) is 23.5 Å². The smallest absolute Gasteiger partial charge is 0.256 e. The molecule has 2 rings (SSSR count). The minimum absolute atomic E-state index is 0.169. The van der Waals surface area contributed by atoms with Crippen molar-refractivity contribution in [2.75, 3.05) is 38.5 Å². The molecule has 8 heteroatoms. The lowest BCUT2D eigenvalue weighted by atomic mass is 10.2. The highest BCUT2D eigenvalue weighted by Crippen LogP contribution is 2.18. The molecular weight excluding hydrogens is 294 g/mol. The monoisotopic (exact) mass is 311 g/mol. The Kier molecular flexibility index (Phi) is 4.98. The van der Waals surface area contributed by atoms with Crippen LogP contribution in [-0.4, -0.2) is 59.3 Å². The number of aromatic nitrogens is 1. The van der Waals surface area contributed by atoms with Crippen LogP contribution in [0.25, 0.3) is 0 Å². The molecule has 2 amide bonds. The number of rotatable bonds is 3. The molecule has 1 aliphatic rings. The first-order valence-corrected chi connectivity index (χ1v) is 7.06. The first-order valence-electron chi connectivity index (χ1n) is 6.68. The highest BCUT2D eigenvalue weighted by atomic mass is 35.5. The van der Waals surface area contributed by atoms with Crippen molar-refractivity contribution in [2.45, 2.75) is 6.42 Å². The van der Waals surface area contributed by atoms with Gasteiger partial charge in [-0.3, -0.25) is 14.5 Å². The molecule has 0 aliphatic carbocycles. The van der Waals surface area contributed by atoms with E-state index in [1.807, 2.05) is 4.90 Å². The van der Waals surface area contributed by atoms with E-state index in [0.717, 1.165) is 13.0 Å². The third kappa shape index (κ3) is 4.05. The third-order valence-corrected chi connectivity index (χ3v) is 3.59. The number of halogens is 1. The summed E-state index contributed by atoms with van der Waals surface area (Å²) >= 11 is 5.82. The lowest BCUT2D eigenvalue weighted by Gasteiger charge is -2.22. The van der Waals surface area contributed by atoms with Crippen LogP contribution in [0, 0.1) is 0 Å². The number of carbonyl (C=O) groups is 2. The zero-order valence-electron chi connectivity index (χ0n) is 11.6. The van der Waals surface area contributed by atoms with Gasteiger partial charge in [0.25, 0.3) is 5.91 Å².